The van der Waals surface area contributed by atoms with Crippen LogP contribution in [0.2, 0.25) is 0 Å². The number of nitriles is 1. The van der Waals surface area contributed by atoms with Crippen LogP contribution in [0.1, 0.15) is 19.3 Å². The monoisotopic (exact) mass is 497 g/mol. The van der Waals surface area contributed by atoms with Crippen molar-refractivity contribution in [1.29, 1.82) is 5.26 Å². The number of nitrogens with zero attached hydrogens (tertiary/aromatic N) is 3. The average Bonchev–Trinajstić information content (AvgIpc) is 3.26. The molecule has 3 rings (SSSR count). The van der Waals surface area contributed by atoms with Crippen LogP contribution in [-0.2, 0) is 19.6 Å². The van der Waals surface area contributed by atoms with E-state index in [0.29, 0.717) is 22.2 Å². The lowest BCUT2D eigenvalue weighted by Crippen LogP contribution is -2.32. The molecular weight excluding hydrogens is 474 g/mol. The first-order chi connectivity index (χ1) is 16.2. The van der Waals surface area contributed by atoms with E-state index in [2.05, 4.69) is 15.0 Å². The number of carbonyl (C=O) groups excluding carboxylic acids is 2. The summed E-state index contributed by atoms with van der Waals surface area (Å²) in [6.07, 6.45) is 1.25. The maximum Gasteiger partial charge on any atom is 0.229 e. The predicted octanol–water partition coefficient (Wildman–Crippen LogP) is 3.85. The van der Waals surface area contributed by atoms with Crippen molar-refractivity contribution < 1.29 is 18.0 Å². The summed E-state index contributed by atoms with van der Waals surface area (Å²) in [6, 6.07) is 17.8. The molecule has 0 aliphatic carbocycles. The first-order valence-electron chi connectivity index (χ1n) is 10.3. The van der Waals surface area contributed by atoms with E-state index in [1.165, 1.54) is 16.2 Å². The van der Waals surface area contributed by atoms with Crippen molar-refractivity contribution in [3.63, 3.8) is 0 Å². The van der Waals surface area contributed by atoms with Crippen LogP contribution in [0.15, 0.2) is 60.0 Å². The van der Waals surface area contributed by atoms with Crippen LogP contribution in [0.25, 0.3) is 11.3 Å². The van der Waals surface area contributed by atoms with Crippen LogP contribution < -0.4 is 14.9 Å². The van der Waals surface area contributed by atoms with E-state index in [0.717, 1.165) is 11.8 Å². The van der Waals surface area contributed by atoms with Crippen LogP contribution in [0.3, 0.4) is 0 Å². The summed E-state index contributed by atoms with van der Waals surface area (Å²) >= 11 is 1.25. The minimum absolute atomic E-state index is 0.000806. The largest absolute Gasteiger partial charge is 0.311 e. The van der Waals surface area contributed by atoms with E-state index in [9.17, 15) is 18.0 Å². The number of hydrogen-bond acceptors (Lipinski definition) is 7. The van der Waals surface area contributed by atoms with E-state index in [4.69, 9.17) is 5.26 Å². The lowest BCUT2D eigenvalue weighted by atomic mass is 10.1. The Morgan fingerprint density at radius 1 is 1.09 bits per heavy atom. The third-order valence-corrected chi connectivity index (χ3v) is 5.98. The molecule has 176 valence electrons. The van der Waals surface area contributed by atoms with Crippen LogP contribution in [0.4, 0.5) is 16.5 Å². The highest BCUT2D eigenvalue weighted by molar-refractivity contribution is 7.92. The van der Waals surface area contributed by atoms with Crippen molar-refractivity contribution in [3.05, 3.63) is 60.0 Å². The molecule has 2 aromatic carbocycles. The quantitative estimate of drug-likeness (QED) is 0.437. The molecule has 3 aromatic rings. The summed E-state index contributed by atoms with van der Waals surface area (Å²) in [5.74, 6) is -0.575. The zero-order valence-electron chi connectivity index (χ0n) is 18.4. The van der Waals surface area contributed by atoms with Gasteiger partial charge in [-0.25, -0.2) is 13.4 Å². The average molecular weight is 498 g/mol. The van der Waals surface area contributed by atoms with Gasteiger partial charge in [-0.1, -0.05) is 30.3 Å². The Kier molecular flexibility index (Phi) is 8.34. The highest BCUT2D eigenvalue weighted by atomic mass is 32.2. The van der Waals surface area contributed by atoms with E-state index < -0.39 is 10.0 Å². The molecule has 0 saturated heterocycles. The topological polar surface area (TPSA) is 132 Å². The van der Waals surface area contributed by atoms with Gasteiger partial charge in [0.25, 0.3) is 0 Å². The van der Waals surface area contributed by atoms with Gasteiger partial charge in [-0.15, -0.1) is 11.3 Å². The second-order valence-electron chi connectivity index (χ2n) is 7.33. The normalized spacial score (nSPS) is 10.8. The highest BCUT2D eigenvalue weighted by Crippen LogP contribution is 2.26. The van der Waals surface area contributed by atoms with Crippen LogP contribution in [-0.4, -0.2) is 38.0 Å². The number of rotatable bonds is 10. The van der Waals surface area contributed by atoms with Crippen molar-refractivity contribution in [2.24, 2.45) is 0 Å². The molecule has 1 aromatic heterocycles. The fourth-order valence-electron chi connectivity index (χ4n) is 3.09. The van der Waals surface area contributed by atoms with Crippen molar-refractivity contribution in [2.45, 2.75) is 19.3 Å². The first-order valence-corrected chi connectivity index (χ1v) is 13.1. The summed E-state index contributed by atoms with van der Waals surface area (Å²) in [5.41, 5.74) is 2.53. The van der Waals surface area contributed by atoms with E-state index in [1.54, 1.807) is 41.8 Å². The van der Waals surface area contributed by atoms with Gasteiger partial charge in [-0.2, -0.15) is 5.26 Å². The molecule has 2 N–H and O–H groups in total. The minimum Gasteiger partial charge on any atom is -0.311 e. The van der Waals surface area contributed by atoms with E-state index in [1.807, 2.05) is 24.3 Å². The number of nitrogens with one attached hydrogen (secondary N) is 2. The number of amides is 2. The smallest absolute Gasteiger partial charge is 0.229 e. The molecule has 0 saturated carbocycles. The van der Waals surface area contributed by atoms with E-state index >= 15 is 0 Å². The van der Waals surface area contributed by atoms with Gasteiger partial charge in [-0.3, -0.25) is 14.3 Å². The molecule has 0 atom stereocenters. The van der Waals surface area contributed by atoms with Crippen LogP contribution in [0.5, 0.6) is 0 Å². The molecule has 0 fully saturated rings. The van der Waals surface area contributed by atoms with Crippen molar-refractivity contribution in [1.82, 2.24) is 4.98 Å². The van der Waals surface area contributed by atoms with Crippen molar-refractivity contribution >= 4 is 49.7 Å². The predicted molar refractivity (Wildman–Crippen MR) is 133 cm³/mol. The fraction of sp³-hybridized carbons (Fsp3) is 0.217. The van der Waals surface area contributed by atoms with Gasteiger partial charge in [0.05, 0.1) is 24.4 Å². The Morgan fingerprint density at radius 3 is 2.44 bits per heavy atom. The lowest BCUT2D eigenvalue weighted by Gasteiger charge is -2.21. The van der Waals surface area contributed by atoms with Crippen molar-refractivity contribution in [3.8, 4) is 17.3 Å². The number of carbonyl (C=O) groups is 2. The summed E-state index contributed by atoms with van der Waals surface area (Å²) in [6.45, 7) is 0.259. The summed E-state index contributed by atoms with van der Waals surface area (Å²) in [4.78, 5) is 31.0. The highest BCUT2D eigenvalue weighted by Gasteiger charge is 2.17. The minimum atomic E-state index is -3.35. The molecule has 2 amide bonds. The van der Waals surface area contributed by atoms with Gasteiger partial charge in [0.15, 0.2) is 5.13 Å². The molecule has 11 heteroatoms. The number of benzene rings is 2. The maximum absolute atomic E-state index is 12.7. The molecular formula is C23H23N5O4S2. The molecule has 0 radical (unpaired) electrons. The molecule has 0 aliphatic heterocycles. The van der Waals surface area contributed by atoms with Gasteiger partial charge >= 0.3 is 0 Å². The molecule has 0 aliphatic rings. The molecule has 34 heavy (non-hydrogen) atoms. The van der Waals surface area contributed by atoms with Gasteiger partial charge in [0.2, 0.25) is 21.8 Å². The Bertz CT molecular complexity index is 1280. The zero-order chi connectivity index (χ0) is 24.6. The fourth-order valence-corrected chi connectivity index (χ4v) is 4.39. The Hall–Kier alpha value is -3.75. The number of anilines is 3. The number of aromatic nitrogens is 1. The summed E-state index contributed by atoms with van der Waals surface area (Å²) < 4.78 is 25.0. The summed E-state index contributed by atoms with van der Waals surface area (Å²) in [5, 5.41) is 13.8. The third-order valence-electron chi connectivity index (χ3n) is 4.62. The van der Waals surface area contributed by atoms with Gasteiger partial charge in [0, 0.05) is 41.7 Å². The number of hydrogen-bond donors (Lipinski definition) is 2. The maximum atomic E-state index is 12.7. The molecule has 0 bridgehead atoms. The second kappa shape index (κ2) is 11.4. The van der Waals surface area contributed by atoms with Gasteiger partial charge in [0.1, 0.15) is 0 Å². The third kappa shape index (κ3) is 7.40. The Morgan fingerprint density at radius 2 is 1.79 bits per heavy atom. The number of sulfonamides is 1. The molecule has 1 heterocycles. The van der Waals surface area contributed by atoms with Gasteiger partial charge in [-0.05, 0) is 24.3 Å². The lowest BCUT2D eigenvalue weighted by molar-refractivity contribution is -0.122. The molecule has 0 spiro atoms. The Balaban J connectivity index is 1.56. The first kappa shape index (κ1) is 24.9. The van der Waals surface area contributed by atoms with Crippen LogP contribution in [0, 0.1) is 11.3 Å². The number of thiazole rings is 1. The van der Waals surface area contributed by atoms with Crippen LogP contribution >= 0.6 is 11.3 Å². The van der Waals surface area contributed by atoms with Gasteiger partial charge < -0.3 is 10.2 Å². The Labute approximate surface area is 202 Å². The zero-order valence-corrected chi connectivity index (χ0v) is 20.0. The second-order valence-corrected chi connectivity index (χ2v) is 9.93. The molecule has 0 unspecified atom stereocenters. The van der Waals surface area contributed by atoms with Crippen molar-refractivity contribution in [2.75, 3.05) is 27.7 Å². The number of para-hydroxylation sites is 1. The summed E-state index contributed by atoms with van der Waals surface area (Å²) in [7, 11) is -3.35. The van der Waals surface area contributed by atoms with E-state index in [-0.39, 0.29) is 37.6 Å². The SMILES string of the molecule is CS(=O)(=O)Nc1ccc(-c2csc(NC(=O)CCC(=O)N(CCC#N)c3ccccc3)n2)cc1. The standard InChI is InChI=1S/C23H23N5O4S2/c1-34(31,32)27-18-10-8-17(9-11-18)20-16-33-23(25-20)26-21(29)12-13-22(30)28(15-5-14-24)19-6-3-2-4-7-19/h2-4,6-11,16,27H,5,12-13,15H2,1H3,(H,25,26,29). The molecule has 9 nitrogen and oxygen atoms in total.